The van der Waals surface area contributed by atoms with Gasteiger partial charge in [0, 0.05) is 50.9 Å². The fourth-order valence-corrected chi connectivity index (χ4v) is 3.92. The summed E-state index contributed by atoms with van der Waals surface area (Å²) in [6.07, 6.45) is 2.10. The largest absolute Gasteiger partial charge is 0.379 e. The summed E-state index contributed by atoms with van der Waals surface area (Å²) in [6, 6.07) is 8.34. The fourth-order valence-electron chi connectivity index (χ4n) is 3.92. The Morgan fingerprint density at radius 2 is 2.03 bits per heavy atom. The highest BCUT2D eigenvalue weighted by Crippen LogP contribution is 2.17. The van der Waals surface area contributed by atoms with E-state index in [4.69, 9.17) is 9.73 Å². The number of morpholine rings is 1. The molecule has 1 aromatic rings. The molecule has 2 aliphatic rings. The average molecular weight is 402 g/mol. The fraction of sp³-hybridized carbons (Fsp3) is 0.636. The van der Waals surface area contributed by atoms with E-state index in [0.717, 1.165) is 70.3 Å². The van der Waals surface area contributed by atoms with Gasteiger partial charge in [0.05, 0.1) is 19.8 Å². The average Bonchev–Trinajstić information content (AvgIpc) is 3.26. The Morgan fingerprint density at radius 1 is 1.21 bits per heavy atom. The molecule has 0 aliphatic carbocycles. The van der Waals surface area contributed by atoms with Crippen LogP contribution in [0.25, 0.3) is 0 Å². The molecule has 2 aliphatic heterocycles. The van der Waals surface area contributed by atoms with E-state index in [2.05, 4.69) is 34.3 Å². The van der Waals surface area contributed by atoms with Crippen molar-refractivity contribution >= 4 is 11.9 Å². The molecular formula is C22H35N5O2. The molecule has 0 radical (unpaired) electrons. The Labute approximate surface area is 174 Å². The molecule has 2 fully saturated rings. The first-order valence-electron chi connectivity index (χ1n) is 10.9. The van der Waals surface area contributed by atoms with Gasteiger partial charge in [0.2, 0.25) is 0 Å². The third kappa shape index (κ3) is 6.18. The van der Waals surface area contributed by atoms with Crippen LogP contribution in [-0.4, -0.2) is 80.2 Å². The van der Waals surface area contributed by atoms with E-state index in [-0.39, 0.29) is 5.91 Å². The molecule has 2 N–H and O–H groups in total. The zero-order valence-electron chi connectivity index (χ0n) is 17.8. The topological polar surface area (TPSA) is 69.2 Å². The number of guanidine groups is 1. The van der Waals surface area contributed by atoms with Crippen LogP contribution in [0.1, 0.15) is 42.6 Å². The summed E-state index contributed by atoms with van der Waals surface area (Å²) >= 11 is 0. The first-order valence-corrected chi connectivity index (χ1v) is 10.9. The van der Waals surface area contributed by atoms with Gasteiger partial charge in [-0.15, -0.1) is 0 Å². The van der Waals surface area contributed by atoms with Crippen LogP contribution in [0.5, 0.6) is 0 Å². The number of amides is 1. The van der Waals surface area contributed by atoms with Crippen LogP contribution in [0.15, 0.2) is 29.3 Å². The molecule has 1 atom stereocenters. The smallest absolute Gasteiger partial charge is 0.251 e. The van der Waals surface area contributed by atoms with Crippen molar-refractivity contribution in [1.82, 2.24) is 20.4 Å². The van der Waals surface area contributed by atoms with Crippen LogP contribution in [0.2, 0.25) is 0 Å². The summed E-state index contributed by atoms with van der Waals surface area (Å²) in [7, 11) is 0. The van der Waals surface area contributed by atoms with Gasteiger partial charge in [0.1, 0.15) is 0 Å². The van der Waals surface area contributed by atoms with Crippen LogP contribution < -0.4 is 10.6 Å². The van der Waals surface area contributed by atoms with Gasteiger partial charge in [-0.3, -0.25) is 9.69 Å². The van der Waals surface area contributed by atoms with Crippen LogP contribution in [0.3, 0.4) is 0 Å². The van der Waals surface area contributed by atoms with E-state index < -0.39 is 0 Å². The maximum atomic E-state index is 12.2. The van der Waals surface area contributed by atoms with E-state index in [1.54, 1.807) is 0 Å². The number of carbonyl (C=O) groups excluding carboxylic acids is 1. The minimum atomic E-state index is -0.0162. The normalized spacial score (nSPS) is 20.7. The number of nitrogens with zero attached hydrogens (tertiary/aromatic N) is 3. The number of carbonyl (C=O) groups is 1. The third-order valence-corrected chi connectivity index (χ3v) is 5.50. The molecule has 160 valence electrons. The van der Waals surface area contributed by atoms with Crippen LogP contribution in [-0.2, 0) is 11.3 Å². The minimum Gasteiger partial charge on any atom is -0.379 e. The lowest BCUT2D eigenvalue weighted by Crippen LogP contribution is -2.46. The van der Waals surface area contributed by atoms with Crippen molar-refractivity contribution in [3.05, 3.63) is 35.4 Å². The number of hydrogen-bond donors (Lipinski definition) is 2. The molecule has 2 saturated heterocycles. The molecule has 1 amide bonds. The van der Waals surface area contributed by atoms with E-state index in [0.29, 0.717) is 24.7 Å². The highest BCUT2D eigenvalue weighted by molar-refractivity contribution is 5.94. The quantitative estimate of drug-likeness (QED) is 0.538. The summed E-state index contributed by atoms with van der Waals surface area (Å²) < 4.78 is 5.49. The van der Waals surface area contributed by atoms with Crippen molar-refractivity contribution in [3.63, 3.8) is 0 Å². The Morgan fingerprint density at radius 3 is 2.79 bits per heavy atom. The van der Waals surface area contributed by atoms with E-state index >= 15 is 0 Å². The summed E-state index contributed by atoms with van der Waals surface area (Å²) in [5.74, 6) is 0.946. The van der Waals surface area contributed by atoms with Crippen molar-refractivity contribution in [3.8, 4) is 0 Å². The molecule has 0 aromatic heterocycles. The zero-order chi connectivity index (χ0) is 20.5. The Hall–Kier alpha value is -2.12. The molecule has 1 unspecified atom stereocenters. The maximum Gasteiger partial charge on any atom is 0.251 e. The lowest BCUT2D eigenvalue weighted by Gasteiger charge is -2.32. The van der Waals surface area contributed by atoms with Gasteiger partial charge in [0.15, 0.2) is 5.96 Å². The summed E-state index contributed by atoms with van der Waals surface area (Å²) in [5.41, 5.74) is 1.75. The first-order chi connectivity index (χ1) is 14.2. The van der Waals surface area contributed by atoms with Gasteiger partial charge in [0.25, 0.3) is 5.91 Å². The van der Waals surface area contributed by atoms with Crippen molar-refractivity contribution in [2.75, 3.05) is 52.5 Å². The second-order valence-corrected chi connectivity index (χ2v) is 7.66. The van der Waals surface area contributed by atoms with Gasteiger partial charge in [-0.1, -0.05) is 19.1 Å². The van der Waals surface area contributed by atoms with Crippen LogP contribution in [0, 0.1) is 0 Å². The molecule has 7 heteroatoms. The van der Waals surface area contributed by atoms with E-state index in [9.17, 15) is 4.79 Å². The molecule has 0 saturated carbocycles. The van der Waals surface area contributed by atoms with Crippen LogP contribution in [0.4, 0.5) is 0 Å². The predicted molar refractivity (Wildman–Crippen MR) is 116 cm³/mol. The second-order valence-electron chi connectivity index (χ2n) is 7.66. The van der Waals surface area contributed by atoms with Crippen molar-refractivity contribution in [1.29, 1.82) is 0 Å². The molecule has 7 nitrogen and oxygen atoms in total. The van der Waals surface area contributed by atoms with Crippen molar-refractivity contribution in [2.45, 2.75) is 39.3 Å². The number of benzene rings is 1. The first kappa shape index (κ1) is 21.6. The summed E-state index contributed by atoms with van der Waals surface area (Å²) in [6.45, 7) is 12.0. The zero-order valence-corrected chi connectivity index (χ0v) is 17.8. The molecule has 0 spiro atoms. The van der Waals surface area contributed by atoms with E-state index in [1.165, 1.54) is 0 Å². The number of likely N-dealkylation sites (tertiary alicyclic amines) is 1. The number of ether oxygens (including phenoxy) is 1. The molecule has 2 heterocycles. The van der Waals surface area contributed by atoms with Crippen LogP contribution >= 0.6 is 0 Å². The predicted octanol–water partition coefficient (Wildman–Crippen LogP) is 1.70. The summed E-state index contributed by atoms with van der Waals surface area (Å²) in [4.78, 5) is 22.0. The molecule has 3 rings (SSSR count). The van der Waals surface area contributed by atoms with Gasteiger partial charge in [-0.05, 0) is 37.5 Å². The second kappa shape index (κ2) is 11.2. The molecule has 0 bridgehead atoms. The Bertz CT molecular complexity index is 688. The number of aliphatic imine (C=N–C) groups is 1. The highest BCUT2D eigenvalue weighted by Gasteiger charge is 2.30. The van der Waals surface area contributed by atoms with Crippen molar-refractivity contribution in [2.24, 2.45) is 4.99 Å². The third-order valence-electron chi connectivity index (χ3n) is 5.50. The monoisotopic (exact) mass is 401 g/mol. The van der Waals surface area contributed by atoms with Gasteiger partial charge in [-0.2, -0.15) is 0 Å². The SMILES string of the molecule is CCCNC(=O)c1cccc(CN=C(NCC)N2CCC(N3CCOCC3)C2)c1. The Balaban J connectivity index is 1.61. The van der Waals surface area contributed by atoms with Gasteiger partial charge < -0.3 is 20.3 Å². The molecular weight excluding hydrogens is 366 g/mol. The lowest BCUT2D eigenvalue weighted by atomic mass is 10.1. The van der Waals surface area contributed by atoms with Gasteiger partial charge >= 0.3 is 0 Å². The number of nitrogens with one attached hydrogen (secondary N) is 2. The van der Waals surface area contributed by atoms with Gasteiger partial charge in [-0.25, -0.2) is 4.99 Å². The lowest BCUT2D eigenvalue weighted by molar-refractivity contribution is 0.0195. The molecule has 1 aromatic carbocycles. The number of hydrogen-bond acceptors (Lipinski definition) is 4. The maximum absolute atomic E-state index is 12.2. The van der Waals surface area contributed by atoms with E-state index in [1.807, 2.05) is 24.3 Å². The number of rotatable bonds is 7. The summed E-state index contributed by atoms with van der Waals surface area (Å²) in [5, 5.41) is 6.37. The Kier molecular flexibility index (Phi) is 8.31. The standard InChI is InChI=1S/C22H35N5O2/c1-3-9-24-21(28)19-7-5-6-18(15-19)16-25-22(23-4-2)27-10-8-20(17-27)26-11-13-29-14-12-26/h5-7,15,20H,3-4,8-14,16-17H2,1-2H3,(H,23,25)(H,24,28). The van der Waals surface area contributed by atoms with Crippen molar-refractivity contribution < 1.29 is 9.53 Å². The molecule has 29 heavy (non-hydrogen) atoms. The minimum absolute atomic E-state index is 0.0162. The highest BCUT2D eigenvalue weighted by atomic mass is 16.5.